The molecule has 3 rings (SSSR count). The van der Waals surface area contributed by atoms with E-state index in [1.807, 2.05) is 12.1 Å². The number of imidazole rings is 1. The smallest absolute Gasteiger partial charge is 0.328 e. The summed E-state index contributed by atoms with van der Waals surface area (Å²) in [5, 5.41) is 2.69. The number of nitrogens with one attached hydrogen (secondary N) is 2. The van der Waals surface area contributed by atoms with Crippen molar-refractivity contribution in [3.8, 4) is 23.7 Å². The highest BCUT2D eigenvalue weighted by atomic mass is 16.5. The van der Waals surface area contributed by atoms with E-state index in [4.69, 9.17) is 10.5 Å². The molecular formula is C24H20N4O3. The second-order valence-electron chi connectivity index (χ2n) is 6.53. The standard InChI is InChI=1S/C24H20N4O3/c1-31-24(30)22(14-21-15-26-16-27-21)28-23(29)19-10-6-17(7-11-19)4-2-3-5-18-8-12-20(25)13-9-18/h6-13,15-16,22H,14,25H2,1H3,(H,26,27)(H,28,29)/t22-/m0/s1. The summed E-state index contributed by atoms with van der Waals surface area (Å²) in [5.41, 5.74) is 8.97. The van der Waals surface area contributed by atoms with Gasteiger partial charge in [-0.15, -0.1) is 0 Å². The molecule has 0 radical (unpaired) electrons. The molecule has 0 saturated heterocycles. The fraction of sp³-hybridized carbons (Fsp3) is 0.125. The van der Waals surface area contributed by atoms with Crippen molar-refractivity contribution in [3.05, 3.63) is 83.4 Å². The number of ether oxygens (including phenoxy) is 1. The van der Waals surface area contributed by atoms with Gasteiger partial charge >= 0.3 is 5.97 Å². The third-order valence-corrected chi connectivity index (χ3v) is 4.30. The fourth-order valence-corrected chi connectivity index (χ4v) is 2.67. The van der Waals surface area contributed by atoms with E-state index in [1.54, 1.807) is 42.6 Å². The third kappa shape index (κ3) is 6.25. The summed E-state index contributed by atoms with van der Waals surface area (Å²) in [6.45, 7) is 0. The van der Waals surface area contributed by atoms with Gasteiger partial charge in [0.2, 0.25) is 0 Å². The van der Waals surface area contributed by atoms with Crippen molar-refractivity contribution in [1.82, 2.24) is 15.3 Å². The van der Waals surface area contributed by atoms with E-state index in [0.29, 0.717) is 22.5 Å². The zero-order valence-electron chi connectivity index (χ0n) is 16.8. The number of methoxy groups -OCH3 is 1. The summed E-state index contributed by atoms with van der Waals surface area (Å²) < 4.78 is 4.78. The van der Waals surface area contributed by atoms with Gasteiger partial charge in [0.25, 0.3) is 5.91 Å². The van der Waals surface area contributed by atoms with E-state index >= 15 is 0 Å². The number of rotatable bonds is 5. The monoisotopic (exact) mass is 412 g/mol. The molecule has 1 heterocycles. The Labute approximate surface area is 180 Å². The number of amides is 1. The van der Waals surface area contributed by atoms with Gasteiger partial charge in [0, 0.05) is 40.7 Å². The Hall–Kier alpha value is -4.49. The highest BCUT2D eigenvalue weighted by Gasteiger charge is 2.23. The van der Waals surface area contributed by atoms with Crippen LogP contribution in [0, 0.1) is 23.7 Å². The maximum atomic E-state index is 12.5. The molecule has 1 aromatic heterocycles. The molecule has 0 bridgehead atoms. The second-order valence-corrected chi connectivity index (χ2v) is 6.53. The highest BCUT2D eigenvalue weighted by Crippen LogP contribution is 2.07. The van der Waals surface area contributed by atoms with E-state index in [9.17, 15) is 9.59 Å². The van der Waals surface area contributed by atoms with Crippen molar-refractivity contribution < 1.29 is 14.3 Å². The SMILES string of the molecule is COC(=O)[C@H](Cc1cnc[nH]1)NC(=O)c1ccc(C#CC#Cc2ccc(N)cc2)cc1. The third-order valence-electron chi connectivity index (χ3n) is 4.30. The van der Waals surface area contributed by atoms with Gasteiger partial charge in [-0.05, 0) is 60.4 Å². The first-order valence-electron chi connectivity index (χ1n) is 9.38. The average molecular weight is 412 g/mol. The molecule has 0 spiro atoms. The molecule has 3 aromatic rings. The van der Waals surface area contributed by atoms with E-state index in [0.717, 1.165) is 5.56 Å². The van der Waals surface area contributed by atoms with Crippen LogP contribution in [0.4, 0.5) is 5.69 Å². The number of aromatic amines is 1. The Morgan fingerprint density at radius 3 is 2.23 bits per heavy atom. The van der Waals surface area contributed by atoms with Crippen molar-refractivity contribution in [2.45, 2.75) is 12.5 Å². The molecule has 7 nitrogen and oxygen atoms in total. The second kappa shape index (κ2) is 10.3. The van der Waals surface area contributed by atoms with Crippen LogP contribution in [0.1, 0.15) is 27.2 Å². The Balaban J connectivity index is 1.63. The van der Waals surface area contributed by atoms with Crippen molar-refractivity contribution in [1.29, 1.82) is 0 Å². The van der Waals surface area contributed by atoms with Gasteiger partial charge in [0.15, 0.2) is 0 Å². The van der Waals surface area contributed by atoms with Gasteiger partial charge in [0.05, 0.1) is 13.4 Å². The lowest BCUT2D eigenvalue weighted by atomic mass is 10.1. The molecule has 154 valence electrons. The lowest BCUT2D eigenvalue weighted by Crippen LogP contribution is -2.43. The molecule has 0 saturated carbocycles. The largest absolute Gasteiger partial charge is 0.467 e. The zero-order chi connectivity index (χ0) is 22.1. The first-order valence-corrected chi connectivity index (χ1v) is 9.38. The Bertz CT molecular complexity index is 1160. The number of benzene rings is 2. The quantitative estimate of drug-likeness (QED) is 0.337. The molecule has 4 N–H and O–H groups in total. The molecule has 2 aromatic carbocycles. The Morgan fingerprint density at radius 2 is 1.68 bits per heavy atom. The lowest BCUT2D eigenvalue weighted by Gasteiger charge is -2.15. The van der Waals surface area contributed by atoms with Crippen LogP contribution in [0.25, 0.3) is 0 Å². The van der Waals surface area contributed by atoms with E-state index in [1.165, 1.54) is 13.4 Å². The fourth-order valence-electron chi connectivity index (χ4n) is 2.67. The molecule has 1 atom stereocenters. The summed E-state index contributed by atoms with van der Waals surface area (Å²) in [6, 6.07) is 13.1. The molecule has 0 aliphatic rings. The van der Waals surface area contributed by atoms with Gasteiger partial charge in [-0.1, -0.05) is 11.8 Å². The zero-order valence-corrected chi connectivity index (χ0v) is 16.8. The van der Waals surface area contributed by atoms with Crippen molar-refractivity contribution in [3.63, 3.8) is 0 Å². The number of carbonyl (C=O) groups is 2. The predicted octanol–water partition coefficient (Wildman–Crippen LogP) is 1.91. The molecule has 1 amide bonds. The number of carbonyl (C=O) groups excluding carboxylic acids is 2. The van der Waals surface area contributed by atoms with Crippen molar-refractivity contribution in [2.75, 3.05) is 12.8 Å². The van der Waals surface area contributed by atoms with Crippen LogP contribution in [-0.2, 0) is 16.0 Å². The number of nitrogens with zero attached hydrogens (tertiary/aromatic N) is 1. The number of aromatic nitrogens is 2. The number of nitrogens with two attached hydrogens (primary N) is 1. The number of hydrogen-bond donors (Lipinski definition) is 3. The van der Waals surface area contributed by atoms with E-state index < -0.39 is 17.9 Å². The molecule has 0 aliphatic heterocycles. The maximum absolute atomic E-state index is 12.5. The highest BCUT2D eigenvalue weighted by molar-refractivity contribution is 5.96. The molecule has 0 fully saturated rings. The van der Waals surface area contributed by atoms with Gasteiger partial charge in [0.1, 0.15) is 6.04 Å². The van der Waals surface area contributed by atoms with Crippen LogP contribution >= 0.6 is 0 Å². The van der Waals surface area contributed by atoms with Gasteiger partial charge in [-0.2, -0.15) is 0 Å². The van der Waals surface area contributed by atoms with E-state index in [2.05, 4.69) is 39.0 Å². The minimum Gasteiger partial charge on any atom is -0.467 e. The number of hydrogen-bond acceptors (Lipinski definition) is 5. The van der Waals surface area contributed by atoms with E-state index in [-0.39, 0.29) is 6.42 Å². The minimum atomic E-state index is -0.832. The summed E-state index contributed by atoms with van der Waals surface area (Å²) in [4.78, 5) is 31.4. The first kappa shape index (κ1) is 21.2. The summed E-state index contributed by atoms with van der Waals surface area (Å²) in [6.07, 6.45) is 3.34. The maximum Gasteiger partial charge on any atom is 0.328 e. The topological polar surface area (TPSA) is 110 Å². The van der Waals surface area contributed by atoms with Crippen molar-refractivity contribution in [2.24, 2.45) is 0 Å². The van der Waals surface area contributed by atoms with Crippen LogP contribution in [0.5, 0.6) is 0 Å². The van der Waals surface area contributed by atoms with Gasteiger partial charge in [-0.3, -0.25) is 4.79 Å². The van der Waals surface area contributed by atoms with Crippen LogP contribution in [0.15, 0.2) is 61.1 Å². The number of H-pyrrole nitrogens is 1. The predicted molar refractivity (Wildman–Crippen MR) is 117 cm³/mol. The lowest BCUT2D eigenvalue weighted by molar-refractivity contribution is -0.142. The Kier molecular flexibility index (Phi) is 7.07. The van der Waals surface area contributed by atoms with Crippen LogP contribution in [0.3, 0.4) is 0 Å². The Morgan fingerprint density at radius 1 is 1.06 bits per heavy atom. The molecule has 0 unspecified atom stereocenters. The van der Waals surface area contributed by atoms with Crippen LogP contribution < -0.4 is 11.1 Å². The van der Waals surface area contributed by atoms with Gasteiger partial charge in [-0.25, -0.2) is 9.78 Å². The number of anilines is 1. The molecule has 31 heavy (non-hydrogen) atoms. The minimum absolute atomic E-state index is 0.245. The normalized spacial score (nSPS) is 10.6. The summed E-state index contributed by atoms with van der Waals surface area (Å²) in [7, 11) is 1.28. The molecule has 0 aliphatic carbocycles. The summed E-state index contributed by atoms with van der Waals surface area (Å²) >= 11 is 0. The average Bonchev–Trinajstić information content (AvgIpc) is 3.30. The molecular weight excluding hydrogens is 392 g/mol. The van der Waals surface area contributed by atoms with Gasteiger partial charge < -0.3 is 20.8 Å². The summed E-state index contributed by atoms with van der Waals surface area (Å²) in [5.74, 6) is 10.5. The van der Waals surface area contributed by atoms with Crippen molar-refractivity contribution >= 4 is 17.6 Å². The number of nitrogen functional groups attached to an aromatic ring is 1. The number of esters is 1. The van der Waals surface area contributed by atoms with Crippen LogP contribution in [0.2, 0.25) is 0 Å². The van der Waals surface area contributed by atoms with Crippen LogP contribution in [-0.4, -0.2) is 35.0 Å². The first-order chi connectivity index (χ1) is 15.0. The molecule has 7 heteroatoms.